The highest BCUT2D eigenvalue weighted by atomic mass is 79.9. The molecule has 1 aliphatic carbocycles. The van der Waals surface area contributed by atoms with Crippen molar-refractivity contribution in [2.45, 2.75) is 36.3 Å². The van der Waals surface area contributed by atoms with Gasteiger partial charge in [-0.2, -0.15) is 0 Å². The van der Waals surface area contributed by atoms with E-state index < -0.39 is 11.6 Å². The Bertz CT molecular complexity index is 444. The van der Waals surface area contributed by atoms with Crippen LogP contribution in [0.2, 0.25) is 0 Å². The van der Waals surface area contributed by atoms with Crippen LogP contribution in [0.15, 0.2) is 27.8 Å². The number of thioether (sulfide) groups is 1. The van der Waals surface area contributed by atoms with Crippen molar-refractivity contribution >= 4 is 33.7 Å². The summed E-state index contributed by atoms with van der Waals surface area (Å²) < 4.78 is 0.928. The molecular weight excluding hydrogens is 330 g/mol. The van der Waals surface area contributed by atoms with Crippen LogP contribution in [0.1, 0.15) is 25.7 Å². The first-order valence-corrected chi connectivity index (χ1v) is 7.96. The van der Waals surface area contributed by atoms with Crippen LogP contribution in [0.3, 0.4) is 0 Å². The summed E-state index contributed by atoms with van der Waals surface area (Å²) >= 11 is 4.84. The molecule has 0 saturated heterocycles. The molecule has 1 heterocycles. The Hall–Kier alpha value is -0.590. The minimum atomic E-state index is -0.759. The fourth-order valence-electron chi connectivity index (χ4n) is 2.20. The third-order valence-electron chi connectivity index (χ3n) is 3.45. The summed E-state index contributed by atoms with van der Waals surface area (Å²) in [6.45, 7) is 0. The molecule has 1 fully saturated rings. The van der Waals surface area contributed by atoms with Crippen LogP contribution in [0.25, 0.3) is 0 Å². The number of aliphatic hydroxyl groups is 1. The number of carboxylic acids is 1. The van der Waals surface area contributed by atoms with E-state index in [1.54, 1.807) is 6.20 Å². The highest BCUT2D eigenvalue weighted by Crippen LogP contribution is 2.35. The van der Waals surface area contributed by atoms with Gasteiger partial charge < -0.3 is 10.2 Å². The molecule has 0 spiro atoms. The molecule has 2 rings (SSSR count). The summed E-state index contributed by atoms with van der Waals surface area (Å²) in [5.41, 5.74) is -0.759. The molecule has 1 aliphatic rings. The zero-order valence-corrected chi connectivity index (χ0v) is 12.8. The lowest BCUT2D eigenvalue weighted by Crippen LogP contribution is -2.38. The molecule has 1 aromatic heterocycles. The Morgan fingerprint density at radius 3 is 2.68 bits per heavy atom. The van der Waals surface area contributed by atoms with Gasteiger partial charge in [-0.05, 0) is 53.7 Å². The minimum Gasteiger partial charge on any atom is -0.481 e. The molecular formula is C13H16BrNO3S. The lowest BCUT2D eigenvalue weighted by Gasteiger charge is -2.34. The molecule has 1 aromatic rings. The monoisotopic (exact) mass is 345 g/mol. The van der Waals surface area contributed by atoms with Crippen molar-refractivity contribution in [3.63, 3.8) is 0 Å². The molecule has 0 amide bonds. The molecule has 104 valence electrons. The van der Waals surface area contributed by atoms with E-state index in [1.165, 1.54) is 11.8 Å². The lowest BCUT2D eigenvalue weighted by molar-refractivity contribution is -0.144. The zero-order chi connectivity index (χ0) is 13.9. The average Bonchev–Trinajstić information content (AvgIpc) is 2.39. The molecule has 0 atom stereocenters. The maximum absolute atomic E-state index is 10.9. The van der Waals surface area contributed by atoms with E-state index >= 15 is 0 Å². The van der Waals surface area contributed by atoms with Crippen LogP contribution in [0, 0.1) is 5.92 Å². The van der Waals surface area contributed by atoms with Crippen LogP contribution in [0.5, 0.6) is 0 Å². The molecule has 0 aromatic carbocycles. The Balaban J connectivity index is 1.86. The number of hydrogen-bond acceptors (Lipinski definition) is 4. The summed E-state index contributed by atoms with van der Waals surface area (Å²) in [5.74, 6) is -0.478. The van der Waals surface area contributed by atoms with Gasteiger partial charge in [0.1, 0.15) is 0 Å². The van der Waals surface area contributed by atoms with E-state index in [0.29, 0.717) is 31.4 Å². The van der Waals surface area contributed by atoms with Crippen molar-refractivity contribution in [3.8, 4) is 0 Å². The number of aliphatic carboxylic acids is 1. The van der Waals surface area contributed by atoms with Crippen molar-refractivity contribution in [1.29, 1.82) is 0 Å². The van der Waals surface area contributed by atoms with Crippen LogP contribution >= 0.6 is 27.7 Å². The van der Waals surface area contributed by atoms with Gasteiger partial charge >= 0.3 is 5.97 Å². The van der Waals surface area contributed by atoms with E-state index in [1.807, 2.05) is 12.1 Å². The van der Waals surface area contributed by atoms with Gasteiger partial charge in [-0.1, -0.05) is 0 Å². The van der Waals surface area contributed by atoms with Crippen molar-refractivity contribution < 1.29 is 15.0 Å². The Kier molecular flexibility index (Phi) is 4.86. The average molecular weight is 346 g/mol. The van der Waals surface area contributed by atoms with Crippen LogP contribution < -0.4 is 0 Å². The first kappa shape index (κ1) is 14.8. The predicted molar refractivity (Wildman–Crippen MR) is 77.2 cm³/mol. The number of rotatable bonds is 4. The van der Waals surface area contributed by atoms with Gasteiger partial charge in [0.05, 0.1) is 16.5 Å². The standard InChI is InChI=1S/C13H16BrNO3S/c14-10-1-2-11(15-7-10)19-8-13(18)5-3-9(4-6-13)12(16)17/h1-2,7,9,18H,3-6,8H2,(H,16,17). The smallest absolute Gasteiger partial charge is 0.306 e. The number of carbonyl (C=O) groups is 1. The third kappa shape index (κ3) is 4.19. The number of hydrogen-bond donors (Lipinski definition) is 2. The highest BCUT2D eigenvalue weighted by molar-refractivity contribution is 9.10. The second kappa shape index (κ2) is 6.24. The molecule has 6 heteroatoms. The first-order chi connectivity index (χ1) is 8.98. The molecule has 0 bridgehead atoms. The van der Waals surface area contributed by atoms with Gasteiger partial charge in [0.25, 0.3) is 0 Å². The van der Waals surface area contributed by atoms with E-state index in [4.69, 9.17) is 5.11 Å². The van der Waals surface area contributed by atoms with Gasteiger partial charge in [-0.25, -0.2) is 4.98 Å². The van der Waals surface area contributed by atoms with Gasteiger partial charge in [-0.15, -0.1) is 11.8 Å². The van der Waals surface area contributed by atoms with E-state index in [0.717, 1.165) is 9.50 Å². The number of halogens is 1. The van der Waals surface area contributed by atoms with Crippen LogP contribution in [-0.4, -0.2) is 32.5 Å². The Morgan fingerprint density at radius 2 is 2.16 bits per heavy atom. The van der Waals surface area contributed by atoms with E-state index in [-0.39, 0.29) is 5.92 Å². The molecule has 19 heavy (non-hydrogen) atoms. The summed E-state index contributed by atoms with van der Waals surface area (Å²) in [7, 11) is 0. The number of aromatic nitrogens is 1. The maximum atomic E-state index is 10.9. The second-order valence-electron chi connectivity index (χ2n) is 4.94. The van der Waals surface area contributed by atoms with Gasteiger partial charge in [0, 0.05) is 16.4 Å². The normalized spacial score (nSPS) is 27.2. The minimum absolute atomic E-state index is 0.295. The number of carboxylic acid groups (broad SMARTS) is 1. The summed E-state index contributed by atoms with van der Waals surface area (Å²) in [6.07, 6.45) is 3.94. The van der Waals surface area contributed by atoms with Crippen molar-refractivity contribution in [3.05, 3.63) is 22.8 Å². The van der Waals surface area contributed by atoms with E-state index in [2.05, 4.69) is 20.9 Å². The van der Waals surface area contributed by atoms with Gasteiger partial charge in [-0.3, -0.25) is 4.79 Å². The van der Waals surface area contributed by atoms with Crippen molar-refractivity contribution in [2.24, 2.45) is 5.92 Å². The fraction of sp³-hybridized carbons (Fsp3) is 0.538. The molecule has 4 nitrogen and oxygen atoms in total. The van der Waals surface area contributed by atoms with Crippen LogP contribution in [0.4, 0.5) is 0 Å². The fourth-order valence-corrected chi connectivity index (χ4v) is 3.43. The lowest BCUT2D eigenvalue weighted by atomic mass is 9.80. The number of pyridine rings is 1. The summed E-state index contributed by atoms with van der Waals surface area (Å²) in [6, 6.07) is 3.82. The third-order valence-corrected chi connectivity index (χ3v) is 5.14. The molecule has 0 unspecified atom stereocenters. The van der Waals surface area contributed by atoms with Gasteiger partial charge in [0.15, 0.2) is 0 Å². The Labute approximate surface area is 124 Å². The SMILES string of the molecule is O=C(O)C1CCC(O)(CSc2ccc(Br)cn2)CC1. The Morgan fingerprint density at radius 1 is 1.47 bits per heavy atom. The largest absolute Gasteiger partial charge is 0.481 e. The molecule has 0 aliphatic heterocycles. The molecule has 0 radical (unpaired) electrons. The van der Waals surface area contributed by atoms with Crippen molar-refractivity contribution in [1.82, 2.24) is 4.98 Å². The zero-order valence-electron chi connectivity index (χ0n) is 10.4. The quantitative estimate of drug-likeness (QED) is 0.821. The first-order valence-electron chi connectivity index (χ1n) is 6.18. The maximum Gasteiger partial charge on any atom is 0.306 e. The second-order valence-corrected chi connectivity index (χ2v) is 6.85. The van der Waals surface area contributed by atoms with Crippen LogP contribution in [-0.2, 0) is 4.79 Å². The highest BCUT2D eigenvalue weighted by Gasteiger charge is 2.35. The summed E-state index contributed by atoms with van der Waals surface area (Å²) in [4.78, 5) is 15.1. The summed E-state index contributed by atoms with van der Waals surface area (Å²) in [5, 5.41) is 20.2. The predicted octanol–water partition coefficient (Wildman–Crippen LogP) is 2.94. The van der Waals surface area contributed by atoms with Gasteiger partial charge in [0.2, 0.25) is 0 Å². The topological polar surface area (TPSA) is 70.4 Å². The molecule has 1 saturated carbocycles. The van der Waals surface area contributed by atoms with E-state index in [9.17, 15) is 9.90 Å². The number of nitrogens with zero attached hydrogens (tertiary/aromatic N) is 1. The molecule has 2 N–H and O–H groups in total. The van der Waals surface area contributed by atoms with Crippen molar-refractivity contribution in [2.75, 3.05) is 5.75 Å².